The smallest absolute Gasteiger partial charge is 0.215 e. The van der Waals surface area contributed by atoms with Crippen LogP contribution >= 0.6 is 11.6 Å². The van der Waals surface area contributed by atoms with E-state index >= 15 is 0 Å². The van der Waals surface area contributed by atoms with Crippen molar-refractivity contribution in [2.24, 2.45) is 0 Å². The highest BCUT2D eigenvalue weighted by Crippen LogP contribution is 2.28. The average Bonchev–Trinajstić information content (AvgIpc) is 3.01. The lowest BCUT2D eigenvalue weighted by Crippen LogP contribution is -2.12. The third-order valence-corrected chi connectivity index (χ3v) is 4.73. The lowest BCUT2D eigenvalue weighted by Gasteiger charge is -2.18. The Morgan fingerprint density at radius 2 is 1.78 bits per heavy atom. The van der Waals surface area contributed by atoms with Crippen LogP contribution in [0.4, 0.5) is 0 Å². The van der Waals surface area contributed by atoms with Crippen LogP contribution in [0.5, 0.6) is 5.75 Å². The third kappa shape index (κ3) is 3.74. The normalized spacial score (nSPS) is 11.5. The largest absolute Gasteiger partial charge is 0.494 e. The van der Waals surface area contributed by atoms with Crippen LogP contribution in [0.3, 0.4) is 0 Å². The van der Waals surface area contributed by atoms with Crippen molar-refractivity contribution in [1.82, 2.24) is 15.0 Å². The molecule has 0 aliphatic rings. The van der Waals surface area contributed by atoms with E-state index in [0.29, 0.717) is 33.4 Å². The monoisotopic (exact) mass is 383 g/mol. The molecular formula is C21H22ClN3O2. The summed E-state index contributed by atoms with van der Waals surface area (Å²) in [7, 11) is 1.57. The highest BCUT2D eigenvalue weighted by Gasteiger charge is 2.21. The minimum atomic E-state index is -0.166. The molecule has 0 unspecified atom stereocenters. The van der Waals surface area contributed by atoms with Gasteiger partial charge in [-0.25, -0.2) is 4.68 Å². The molecule has 0 bridgehead atoms. The van der Waals surface area contributed by atoms with Gasteiger partial charge in [0.2, 0.25) is 5.78 Å². The van der Waals surface area contributed by atoms with Gasteiger partial charge in [-0.1, -0.05) is 61.9 Å². The Balaban J connectivity index is 1.98. The Hall–Kier alpha value is -2.66. The topological polar surface area (TPSA) is 57.0 Å². The minimum Gasteiger partial charge on any atom is -0.494 e. The van der Waals surface area contributed by atoms with Crippen LogP contribution in [0.1, 0.15) is 48.1 Å². The number of ketones is 1. The van der Waals surface area contributed by atoms with Crippen LogP contribution in [-0.2, 0) is 5.41 Å². The van der Waals surface area contributed by atoms with Crippen molar-refractivity contribution in [3.63, 3.8) is 0 Å². The number of nitrogens with zero attached hydrogens (tertiary/aromatic N) is 3. The van der Waals surface area contributed by atoms with Gasteiger partial charge in [0.25, 0.3) is 0 Å². The molecule has 1 aromatic heterocycles. The molecule has 0 aliphatic heterocycles. The highest BCUT2D eigenvalue weighted by atomic mass is 35.5. The summed E-state index contributed by atoms with van der Waals surface area (Å²) in [5, 5.41) is 8.80. The van der Waals surface area contributed by atoms with E-state index in [1.165, 1.54) is 5.56 Å². The molecule has 5 nitrogen and oxygen atoms in total. The zero-order valence-corrected chi connectivity index (χ0v) is 16.8. The van der Waals surface area contributed by atoms with E-state index in [-0.39, 0.29) is 11.2 Å². The summed E-state index contributed by atoms with van der Waals surface area (Å²) in [6, 6.07) is 12.8. The summed E-state index contributed by atoms with van der Waals surface area (Å²) in [6.45, 7) is 8.21. The first-order valence-electron chi connectivity index (χ1n) is 8.64. The summed E-state index contributed by atoms with van der Waals surface area (Å²) in [5.74, 6) is 0.432. The molecule has 27 heavy (non-hydrogen) atoms. The molecule has 0 aliphatic carbocycles. The van der Waals surface area contributed by atoms with Gasteiger partial charge < -0.3 is 4.74 Å². The van der Waals surface area contributed by atoms with Crippen LogP contribution < -0.4 is 4.74 Å². The van der Waals surface area contributed by atoms with E-state index in [4.69, 9.17) is 16.3 Å². The summed E-state index contributed by atoms with van der Waals surface area (Å²) in [5.41, 5.74) is 3.35. The fourth-order valence-corrected chi connectivity index (χ4v) is 3.02. The minimum absolute atomic E-state index is 0.0315. The quantitative estimate of drug-likeness (QED) is 0.609. The molecule has 0 N–H and O–H groups in total. The maximum Gasteiger partial charge on any atom is 0.215 e. The van der Waals surface area contributed by atoms with Crippen molar-refractivity contribution in [2.45, 2.75) is 33.1 Å². The van der Waals surface area contributed by atoms with Gasteiger partial charge in [0.05, 0.1) is 12.8 Å². The van der Waals surface area contributed by atoms with Gasteiger partial charge >= 0.3 is 0 Å². The Morgan fingerprint density at radius 1 is 1.11 bits per heavy atom. The maximum absolute atomic E-state index is 12.9. The Morgan fingerprint density at radius 3 is 2.37 bits per heavy atom. The number of rotatable bonds is 4. The predicted molar refractivity (Wildman–Crippen MR) is 106 cm³/mol. The van der Waals surface area contributed by atoms with E-state index in [0.717, 1.165) is 0 Å². The van der Waals surface area contributed by atoms with Crippen molar-refractivity contribution in [3.8, 4) is 11.4 Å². The molecule has 0 amide bonds. The number of carbonyl (C=O) groups excluding carboxylic acids is 1. The van der Waals surface area contributed by atoms with Crippen molar-refractivity contribution >= 4 is 17.4 Å². The molecule has 1 heterocycles. The van der Waals surface area contributed by atoms with Gasteiger partial charge in [0.1, 0.15) is 11.4 Å². The Bertz CT molecular complexity index is 986. The number of halogens is 1. The summed E-state index contributed by atoms with van der Waals surface area (Å²) >= 11 is 6.11. The lowest BCUT2D eigenvalue weighted by molar-refractivity contribution is 0.103. The Labute approximate surface area is 163 Å². The standard InChI is InChI=1S/C21H22ClN3O2/c1-13-19(20(26)14-6-8-15(9-7-14)21(2,3)4)23-24-25(13)17-12-16(22)10-11-18(17)27-5/h6-12H,1-5H3. The fourth-order valence-electron chi connectivity index (χ4n) is 2.85. The van der Waals surface area contributed by atoms with Gasteiger partial charge in [0.15, 0.2) is 5.69 Å². The van der Waals surface area contributed by atoms with Crippen molar-refractivity contribution < 1.29 is 9.53 Å². The molecular weight excluding hydrogens is 362 g/mol. The van der Waals surface area contributed by atoms with Gasteiger partial charge in [0, 0.05) is 10.6 Å². The van der Waals surface area contributed by atoms with E-state index < -0.39 is 0 Å². The van der Waals surface area contributed by atoms with E-state index in [9.17, 15) is 4.79 Å². The average molecular weight is 384 g/mol. The molecule has 3 rings (SSSR count). The number of carbonyl (C=O) groups is 1. The van der Waals surface area contributed by atoms with Crippen LogP contribution in [0.25, 0.3) is 5.69 Å². The first-order valence-corrected chi connectivity index (χ1v) is 9.01. The fraction of sp³-hybridized carbons (Fsp3) is 0.286. The van der Waals surface area contributed by atoms with Gasteiger partial charge in [-0.15, -0.1) is 5.10 Å². The number of methoxy groups -OCH3 is 1. The van der Waals surface area contributed by atoms with Gasteiger partial charge in [-0.3, -0.25) is 4.79 Å². The second-order valence-electron chi connectivity index (χ2n) is 7.41. The molecule has 6 heteroatoms. The zero-order valence-electron chi connectivity index (χ0n) is 16.1. The molecule has 0 saturated carbocycles. The SMILES string of the molecule is COc1ccc(Cl)cc1-n1nnc(C(=O)c2ccc(C(C)(C)C)cc2)c1C. The summed E-state index contributed by atoms with van der Waals surface area (Å²) < 4.78 is 6.95. The number of ether oxygens (including phenoxy) is 1. The number of aromatic nitrogens is 3. The van der Waals surface area contributed by atoms with E-state index in [1.807, 2.05) is 24.3 Å². The molecule has 2 aromatic carbocycles. The predicted octanol–water partition coefficient (Wildman–Crippen LogP) is 4.77. The second-order valence-corrected chi connectivity index (χ2v) is 7.84. The van der Waals surface area contributed by atoms with E-state index in [1.54, 1.807) is 36.9 Å². The summed E-state index contributed by atoms with van der Waals surface area (Å²) in [6.07, 6.45) is 0. The van der Waals surface area contributed by atoms with Gasteiger partial charge in [-0.05, 0) is 36.1 Å². The second kappa shape index (κ2) is 7.16. The molecule has 3 aromatic rings. The van der Waals surface area contributed by atoms with Crippen LogP contribution in [-0.4, -0.2) is 27.9 Å². The number of hydrogen-bond donors (Lipinski definition) is 0. The first-order chi connectivity index (χ1) is 12.7. The number of hydrogen-bond acceptors (Lipinski definition) is 4. The third-order valence-electron chi connectivity index (χ3n) is 4.49. The van der Waals surface area contributed by atoms with Crippen LogP contribution in [0.15, 0.2) is 42.5 Å². The zero-order chi connectivity index (χ0) is 19.8. The van der Waals surface area contributed by atoms with Crippen molar-refractivity contribution in [3.05, 3.63) is 70.0 Å². The summed E-state index contributed by atoms with van der Waals surface area (Å²) in [4.78, 5) is 12.9. The van der Waals surface area contributed by atoms with Crippen molar-refractivity contribution in [1.29, 1.82) is 0 Å². The Kier molecular flexibility index (Phi) is 5.07. The molecule has 0 spiro atoms. The van der Waals surface area contributed by atoms with Crippen LogP contribution in [0.2, 0.25) is 5.02 Å². The maximum atomic E-state index is 12.9. The molecule has 0 radical (unpaired) electrons. The molecule has 0 atom stereocenters. The molecule has 0 fully saturated rings. The number of benzene rings is 2. The molecule has 0 saturated heterocycles. The van der Waals surface area contributed by atoms with Crippen LogP contribution in [0, 0.1) is 6.92 Å². The highest BCUT2D eigenvalue weighted by molar-refractivity contribution is 6.30. The lowest BCUT2D eigenvalue weighted by atomic mass is 9.86. The molecule has 140 valence electrons. The van der Waals surface area contributed by atoms with E-state index in [2.05, 4.69) is 31.1 Å². The van der Waals surface area contributed by atoms with Crippen molar-refractivity contribution in [2.75, 3.05) is 7.11 Å². The first kappa shape index (κ1) is 19.1. The van der Waals surface area contributed by atoms with Gasteiger partial charge in [-0.2, -0.15) is 0 Å².